The Balaban J connectivity index is 3.09. The van der Waals surface area contributed by atoms with E-state index in [1.165, 1.54) is 0 Å². The molecule has 0 amide bonds. The van der Waals surface area contributed by atoms with E-state index in [4.69, 9.17) is 10.00 Å². The Kier molecular flexibility index (Phi) is 3.53. The van der Waals surface area contributed by atoms with Crippen molar-refractivity contribution < 1.29 is 4.74 Å². The SMILES string of the molecule is CCOc1ccc(C#N)c(C(C)C)c1. The number of rotatable bonds is 3. The molecule has 0 aliphatic heterocycles. The van der Waals surface area contributed by atoms with Gasteiger partial charge in [0.05, 0.1) is 18.2 Å². The van der Waals surface area contributed by atoms with Gasteiger partial charge in [-0.2, -0.15) is 5.26 Å². The molecule has 1 aromatic rings. The molecule has 1 rings (SSSR count). The minimum atomic E-state index is 0.352. The summed E-state index contributed by atoms with van der Waals surface area (Å²) in [7, 11) is 0. The van der Waals surface area contributed by atoms with Crippen LogP contribution in [0.4, 0.5) is 0 Å². The lowest BCUT2D eigenvalue weighted by atomic mass is 9.98. The van der Waals surface area contributed by atoms with E-state index in [1.54, 1.807) is 0 Å². The Bertz CT molecular complexity index is 350. The quantitative estimate of drug-likeness (QED) is 0.732. The van der Waals surface area contributed by atoms with Crippen LogP contribution < -0.4 is 4.74 Å². The molecule has 0 N–H and O–H groups in total. The van der Waals surface area contributed by atoms with Gasteiger partial charge >= 0.3 is 0 Å². The van der Waals surface area contributed by atoms with Gasteiger partial charge in [0, 0.05) is 0 Å². The molecule has 0 saturated heterocycles. The summed E-state index contributed by atoms with van der Waals surface area (Å²) in [6, 6.07) is 7.80. The lowest BCUT2D eigenvalue weighted by molar-refractivity contribution is 0.339. The van der Waals surface area contributed by atoms with Gasteiger partial charge in [0.2, 0.25) is 0 Å². The normalized spacial score (nSPS) is 9.93. The highest BCUT2D eigenvalue weighted by molar-refractivity contribution is 5.44. The maximum atomic E-state index is 8.90. The van der Waals surface area contributed by atoms with Crippen LogP contribution in [0.1, 0.15) is 37.8 Å². The van der Waals surface area contributed by atoms with Crippen molar-refractivity contribution in [2.45, 2.75) is 26.7 Å². The molecule has 0 fully saturated rings. The van der Waals surface area contributed by atoms with E-state index in [2.05, 4.69) is 19.9 Å². The predicted molar refractivity (Wildman–Crippen MR) is 56.4 cm³/mol. The third-order valence-electron chi connectivity index (χ3n) is 2.08. The second-order valence-corrected chi connectivity index (χ2v) is 3.45. The molecule has 0 radical (unpaired) electrons. The van der Waals surface area contributed by atoms with Crippen molar-refractivity contribution in [2.75, 3.05) is 6.61 Å². The molecule has 0 unspecified atom stereocenters. The summed E-state index contributed by atoms with van der Waals surface area (Å²) in [5, 5.41) is 8.90. The minimum absolute atomic E-state index is 0.352. The first-order valence-electron chi connectivity index (χ1n) is 4.85. The Morgan fingerprint density at radius 3 is 2.64 bits per heavy atom. The van der Waals surface area contributed by atoms with Crippen molar-refractivity contribution in [2.24, 2.45) is 0 Å². The summed E-state index contributed by atoms with van der Waals surface area (Å²) < 4.78 is 5.39. The molecule has 0 aliphatic carbocycles. The lowest BCUT2D eigenvalue weighted by Gasteiger charge is -2.10. The fourth-order valence-electron chi connectivity index (χ4n) is 1.38. The van der Waals surface area contributed by atoms with Gasteiger partial charge in [-0.3, -0.25) is 0 Å². The zero-order chi connectivity index (χ0) is 10.6. The van der Waals surface area contributed by atoms with Crippen molar-refractivity contribution in [1.82, 2.24) is 0 Å². The summed E-state index contributed by atoms with van der Waals surface area (Å²) in [5.41, 5.74) is 1.79. The zero-order valence-electron chi connectivity index (χ0n) is 8.87. The molecular formula is C12H15NO. The fourth-order valence-corrected chi connectivity index (χ4v) is 1.38. The number of nitriles is 1. The van der Waals surface area contributed by atoms with Crippen molar-refractivity contribution in [3.63, 3.8) is 0 Å². The average molecular weight is 189 g/mol. The summed E-state index contributed by atoms with van der Waals surface area (Å²) in [6.07, 6.45) is 0. The largest absolute Gasteiger partial charge is 0.494 e. The first-order valence-corrected chi connectivity index (χ1v) is 4.85. The third kappa shape index (κ3) is 2.26. The second-order valence-electron chi connectivity index (χ2n) is 3.45. The average Bonchev–Trinajstić information content (AvgIpc) is 2.18. The van der Waals surface area contributed by atoms with E-state index in [1.807, 2.05) is 25.1 Å². The van der Waals surface area contributed by atoms with Crippen LogP contribution in [0.15, 0.2) is 18.2 Å². The smallest absolute Gasteiger partial charge is 0.119 e. The molecule has 2 heteroatoms. The van der Waals surface area contributed by atoms with Gasteiger partial charge in [0.25, 0.3) is 0 Å². The molecular weight excluding hydrogens is 174 g/mol. The van der Waals surface area contributed by atoms with Crippen LogP contribution in [0.5, 0.6) is 5.75 Å². The van der Waals surface area contributed by atoms with Crippen molar-refractivity contribution >= 4 is 0 Å². The van der Waals surface area contributed by atoms with Crippen LogP contribution in [-0.2, 0) is 0 Å². The molecule has 0 saturated carbocycles. The zero-order valence-corrected chi connectivity index (χ0v) is 8.87. The van der Waals surface area contributed by atoms with Gasteiger partial charge < -0.3 is 4.74 Å². The highest BCUT2D eigenvalue weighted by atomic mass is 16.5. The Hall–Kier alpha value is -1.49. The summed E-state index contributed by atoms with van der Waals surface area (Å²) in [6.45, 7) is 6.76. The summed E-state index contributed by atoms with van der Waals surface area (Å²) >= 11 is 0. The highest BCUT2D eigenvalue weighted by Crippen LogP contribution is 2.24. The monoisotopic (exact) mass is 189 g/mol. The molecule has 0 bridgehead atoms. The standard InChI is InChI=1S/C12H15NO/c1-4-14-11-6-5-10(8-13)12(7-11)9(2)3/h5-7,9H,4H2,1-3H3. The lowest BCUT2D eigenvalue weighted by Crippen LogP contribution is -1.96. The minimum Gasteiger partial charge on any atom is -0.494 e. The predicted octanol–water partition coefficient (Wildman–Crippen LogP) is 3.08. The fraction of sp³-hybridized carbons (Fsp3) is 0.417. The van der Waals surface area contributed by atoms with Crippen LogP contribution in [0.2, 0.25) is 0 Å². The maximum Gasteiger partial charge on any atom is 0.119 e. The van der Waals surface area contributed by atoms with Crippen LogP contribution in [0, 0.1) is 11.3 Å². The van der Waals surface area contributed by atoms with Crippen molar-refractivity contribution in [3.05, 3.63) is 29.3 Å². The topological polar surface area (TPSA) is 33.0 Å². The van der Waals surface area contributed by atoms with Gasteiger partial charge in [-0.05, 0) is 36.6 Å². The van der Waals surface area contributed by atoms with Crippen molar-refractivity contribution in [3.8, 4) is 11.8 Å². The highest BCUT2D eigenvalue weighted by Gasteiger charge is 2.07. The van der Waals surface area contributed by atoms with Gasteiger partial charge in [-0.15, -0.1) is 0 Å². The first kappa shape index (κ1) is 10.6. The van der Waals surface area contributed by atoms with Crippen LogP contribution in [0.25, 0.3) is 0 Å². The molecule has 74 valence electrons. The second kappa shape index (κ2) is 4.66. The molecule has 0 atom stereocenters. The van der Waals surface area contributed by atoms with Gasteiger partial charge in [0.15, 0.2) is 0 Å². The maximum absolute atomic E-state index is 8.90. The molecule has 0 aromatic heterocycles. The third-order valence-corrected chi connectivity index (χ3v) is 2.08. The van der Waals surface area contributed by atoms with Crippen LogP contribution in [0.3, 0.4) is 0 Å². The van der Waals surface area contributed by atoms with Crippen LogP contribution >= 0.6 is 0 Å². The van der Waals surface area contributed by atoms with Gasteiger partial charge in [-0.25, -0.2) is 0 Å². The number of ether oxygens (including phenoxy) is 1. The summed E-state index contributed by atoms with van der Waals surface area (Å²) in [4.78, 5) is 0. The van der Waals surface area contributed by atoms with Crippen molar-refractivity contribution in [1.29, 1.82) is 5.26 Å². The van der Waals surface area contributed by atoms with Crippen LogP contribution in [-0.4, -0.2) is 6.61 Å². The molecule has 0 heterocycles. The molecule has 1 aromatic carbocycles. The molecule has 0 aliphatic rings. The number of hydrogen-bond donors (Lipinski definition) is 0. The Labute approximate surface area is 85.1 Å². The van der Waals surface area contributed by atoms with E-state index >= 15 is 0 Å². The molecule has 2 nitrogen and oxygen atoms in total. The molecule has 0 spiro atoms. The van der Waals surface area contributed by atoms with Gasteiger partial charge in [-0.1, -0.05) is 13.8 Å². The molecule has 14 heavy (non-hydrogen) atoms. The van der Waals surface area contributed by atoms with E-state index in [9.17, 15) is 0 Å². The number of nitrogens with zero attached hydrogens (tertiary/aromatic N) is 1. The van der Waals surface area contributed by atoms with Gasteiger partial charge in [0.1, 0.15) is 5.75 Å². The van der Waals surface area contributed by atoms with E-state index in [0.717, 1.165) is 16.9 Å². The van der Waals surface area contributed by atoms with E-state index in [0.29, 0.717) is 12.5 Å². The number of benzene rings is 1. The Morgan fingerprint density at radius 2 is 2.14 bits per heavy atom. The van der Waals surface area contributed by atoms with E-state index in [-0.39, 0.29) is 0 Å². The number of hydrogen-bond acceptors (Lipinski definition) is 2. The van der Waals surface area contributed by atoms with E-state index < -0.39 is 0 Å². The summed E-state index contributed by atoms with van der Waals surface area (Å²) in [5.74, 6) is 1.19. The first-order chi connectivity index (χ1) is 6.69. The Morgan fingerprint density at radius 1 is 1.43 bits per heavy atom.